The molecular weight excluding hydrogens is 398 g/mol. The molecule has 0 radical (unpaired) electrons. The van der Waals surface area contributed by atoms with Crippen LogP contribution in [0.3, 0.4) is 0 Å². The summed E-state index contributed by atoms with van der Waals surface area (Å²) in [6.07, 6.45) is 5.67. The molecule has 4 rings (SSSR count). The predicted octanol–water partition coefficient (Wildman–Crippen LogP) is 4.13. The summed E-state index contributed by atoms with van der Waals surface area (Å²) in [5, 5.41) is 12.6. The van der Waals surface area contributed by atoms with Crippen molar-refractivity contribution in [2.45, 2.75) is 43.3 Å². The van der Waals surface area contributed by atoms with Crippen molar-refractivity contribution in [3.05, 3.63) is 54.6 Å². The first-order valence-electron chi connectivity index (χ1n) is 10.2. The number of rotatable bonds is 7. The van der Waals surface area contributed by atoms with Gasteiger partial charge in [-0.25, -0.2) is 0 Å². The quantitative estimate of drug-likeness (QED) is 0.532. The van der Waals surface area contributed by atoms with Gasteiger partial charge in [0.15, 0.2) is 0 Å². The molecule has 0 N–H and O–H groups in total. The van der Waals surface area contributed by atoms with Crippen molar-refractivity contribution in [2.24, 2.45) is 0 Å². The minimum atomic E-state index is 0.0766. The van der Waals surface area contributed by atoms with E-state index in [4.69, 9.17) is 4.74 Å². The van der Waals surface area contributed by atoms with Gasteiger partial charge in [0.2, 0.25) is 11.1 Å². The Labute approximate surface area is 180 Å². The lowest BCUT2D eigenvalue weighted by atomic mass is 9.93. The molecule has 1 amide bonds. The van der Waals surface area contributed by atoms with Gasteiger partial charge in [0.05, 0.1) is 12.9 Å². The largest absolute Gasteiger partial charge is 0.494 e. The number of hydrogen-bond donors (Lipinski definition) is 0. The topological polar surface area (TPSA) is 73.1 Å². The van der Waals surface area contributed by atoms with Gasteiger partial charge in [-0.05, 0) is 47.5 Å². The van der Waals surface area contributed by atoms with Crippen LogP contribution in [0, 0.1) is 0 Å². The van der Waals surface area contributed by atoms with Crippen LogP contribution in [0.4, 0.5) is 5.69 Å². The molecule has 0 atom stereocenters. The number of hydrogen-bond acceptors (Lipinski definition) is 6. The molecule has 0 saturated heterocycles. The van der Waals surface area contributed by atoms with Crippen LogP contribution < -0.4 is 9.64 Å². The van der Waals surface area contributed by atoms with Gasteiger partial charge in [-0.15, -0.1) is 5.10 Å². The second kappa shape index (κ2) is 9.75. The van der Waals surface area contributed by atoms with E-state index < -0.39 is 0 Å². The van der Waals surface area contributed by atoms with Gasteiger partial charge in [-0.1, -0.05) is 61.4 Å². The zero-order valence-electron chi connectivity index (χ0n) is 17.0. The van der Waals surface area contributed by atoms with Crippen molar-refractivity contribution < 1.29 is 9.53 Å². The molecule has 0 bridgehead atoms. The Balaban J connectivity index is 1.53. The Morgan fingerprint density at radius 3 is 2.60 bits per heavy atom. The first kappa shape index (κ1) is 20.4. The van der Waals surface area contributed by atoms with Crippen molar-refractivity contribution in [1.82, 2.24) is 20.2 Å². The maximum atomic E-state index is 13.3. The van der Waals surface area contributed by atoms with E-state index in [-0.39, 0.29) is 17.7 Å². The molecule has 0 spiro atoms. The standard InChI is InChI=1S/C22H25N5O2S/c1-29-20-15-9-8-14-19(20)27-22(23-24-25-27)30-16-21(28)26(17-10-4-2-5-11-17)18-12-6-3-7-13-18/h2,4-5,8-11,14-15,18H,3,6-7,12-13,16H2,1H3. The number of ether oxygens (including phenoxy) is 1. The maximum Gasteiger partial charge on any atom is 0.237 e. The lowest BCUT2D eigenvalue weighted by Gasteiger charge is -2.34. The maximum absolute atomic E-state index is 13.3. The number of benzene rings is 2. The lowest BCUT2D eigenvalue weighted by molar-refractivity contribution is -0.116. The van der Waals surface area contributed by atoms with Crippen LogP contribution in [-0.4, -0.2) is 45.0 Å². The van der Waals surface area contributed by atoms with Crippen molar-refractivity contribution in [2.75, 3.05) is 17.8 Å². The molecule has 3 aromatic rings. The molecule has 0 unspecified atom stereocenters. The molecule has 30 heavy (non-hydrogen) atoms. The summed E-state index contributed by atoms with van der Waals surface area (Å²) < 4.78 is 7.04. The number of methoxy groups -OCH3 is 1. The first-order valence-corrected chi connectivity index (χ1v) is 11.2. The fourth-order valence-electron chi connectivity index (χ4n) is 3.91. The summed E-state index contributed by atoms with van der Waals surface area (Å²) in [5.41, 5.74) is 1.70. The van der Waals surface area contributed by atoms with Crippen LogP contribution in [0.5, 0.6) is 5.75 Å². The highest BCUT2D eigenvalue weighted by Crippen LogP contribution is 2.30. The zero-order chi connectivity index (χ0) is 20.8. The van der Waals surface area contributed by atoms with E-state index in [9.17, 15) is 4.79 Å². The molecule has 2 aromatic carbocycles. The van der Waals surface area contributed by atoms with Gasteiger partial charge in [0.25, 0.3) is 0 Å². The van der Waals surface area contributed by atoms with Crippen LogP contribution in [0.15, 0.2) is 59.8 Å². The van der Waals surface area contributed by atoms with Gasteiger partial charge >= 0.3 is 0 Å². The molecule has 0 aliphatic heterocycles. The SMILES string of the molecule is COc1ccccc1-n1nnnc1SCC(=O)N(c1ccccc1)C1CCCCC1. The molecule has 156 valence electrons. The summed E-state index contributed by atoms with van der Waals surface area (Å²) in [5.74, 6) is 1.01. The van der Waals surface area contributed by atoms with Gasteiger partial charge in [-0.2, -0.15) is 4.68 Å². The molecule has 1 heterocycles. The molecular formula is C22H25N5O2S. The lowest BCUT2D eigenvalue weighted by Crippen LogP contribution is -2.42. The third kappa shape index (κ3) is 4.48. The number of nitrogens with zero attached hydrogens (tertiary/aromatic N) is 5. The van der Waals surface area contributed by atoms with Crippen LogP contribution in [0.2, 0.25) is 0 Å². The highest BCUT2D eigenvalue weighted by Gasteiger charge is 2.27. The highest BCUT2D eigenvalue weighted by molar-refractivity contribution is 7.99. The summed E-state index contributed by atoms with van der Waals surface area (Å²) in [7, 11) is 1.61. The molecule has 1 saturated carbocycles. The van der Waals surface area contributed by atoms with E-state index in [1.165, 1.54) is 31.0 Å². The monoisotopic (exact) mass is 423 g/mol. The van der Waals surface area contributed by atoms with Gasteiger partial charge in [0, 0.05) is 11.7 Å². The van der Waals surface area contributed by atoms with E-state index in [1.807, 2.05) is 59.5 Å². The number of thioether (sulfide) groups is 1. The third-order valence-electron chi connectivity index (χ3n) is 5.32. The first-order chi connectivity index (χ1) is 14.8. The summed E-state index contributed by atoms with van der Waals surface area (Å²) >= 11 is 1.34. The number of anilines is 1. The predicted molar refractivity (Wildman–Crippen MR) is 117 cm³/mol. The van der Waals surface area contributed by atoms with Gasteiger partial charge in [0.1, 0.15) is 11.4 Å². The van der Waals surface area contributed by atoms with E-state index in [0.717, 1.165) is 24.2 Å². The molecule has 8 heteroatoms. The Bertz CT molecular complexity index is 972. The highest BCUT2D eigenvalue weighted by atomic mass is 32.2. The number of para-hydroxylation sites is 3. The molecule has 7 nitrogen and oxygen atoms in total. The third-order valence-corrected chi connectivity index (χ3v) is 6.23. The van der Waals surface area contributed by atoms with Crippen molar-refractivity contribution in [1.29, 1.82) is 0 Å². The fourth-order valence-corrected chi connectivity index (χ4v) is 4.65. The average Bonchev–Trinajstić information content (AvgIpc) is 3.28. The molecule has 1 aliphatic carbocycles. The van der Waals surface area contributed by atoms with Gasteiger partial charge in [-0.3, -0.25) is 4.79 Å². The number of carbonyl (C=O) groups excluding carboxylic acids is 1. The molecule has 1 aliphatic rings. The number of carbonyl (C=O) groups is 1. The van der Waals surface area contributed by atoms with Crippen LogP contribution in [0.25, 0.3) is 5.69 Å². The Morgan fingerprint density at radius 2 is 1.83 bits per heavy atom. The Hall–Kier alpha value is -2.87. The second-order valence-electron chi connectivity index (χ2n) is 7.22. The van der Waals surface area contributed by atoms with Crippen LogP contribution in [-0.2, 0) is 4.79 Å². The van der Waals surface area contributed by atoms with E-state index >= 15 is 0 Å². The Morgan fingerprint density at radius 1 is 1.10 bits per heavy atom. The van der Waals surface area contributed by atoms with Crippen LogP contribution in [0.1, 0.15) is 32.1 Å². The van der Waals surface area contributed by atoms with E-state index in [2.05, 4.69) is 15.5 Å². The normalized spacial score (nSPS) is 14.4. The zero-order valence-corrected chi connectivity index (χ0v) is 17.8. The van der Waals surface area contributed by atoms with Crippen molar-refractivity contribution in [3.63, 3.8) is 0 Å². The van der Waals surface area contributed by atoms with Crippen LogP contribution >= 0.6 is 11.8 Å². The smallest absolute Gasteiger partial charge is 0.237 e. The molecule has 1 aromatic heterocycles. The summed E-state index contributed by atoms with van der Waals surface area (Å²) in [4.78, 5) is 15.3. The minimum Gasteiger partial charge on any atom is -0.494 e. The number of amides is 1. The average molecular weight is 424 g/mol. The second-order valence-corrected chi connectivity index (χ2v) is 8.17. The van der Waals surface area contributed by atoms with E-state index in [0.29, 0.717) is 10.9 Å². The number of aromatic nitrogens is 4. The Kier molecular flexibility index (Phi) is 6.63. The van der Waals surface area contributed by atoms with Gasteiger partial charge < -0.3 is 9.64 Å². The minimum absolute atomic E-state index is 0.0766. The summed E-state index contributed by atoms with van der Waals surface area (Å²) in [6, 6.07) is 17.7. The molecule has 1 fully saturated rings. The summed E-state index contributed by atoms with van der Waals surface area (Å²) in [6.45, 7) is 0. The fraction of sp³-hybridized carbons (Fsp3) is 0.364. The number of tetrazole rings is 1. The van der Waals surface area contributed by atoms with E-state index in [1.54, 1.807) is 11.8 Å². The van der Waals surface area contributed by atoms with Crippen molar-refractivity contribution in [3.8, 4) is 11.4 Å². The van der Waals surface area contributed by atoms with Crippen molar-refractivity contribution >= 4 is 23.4 Å².